The van der Waals surface area contributed by atoms with Crippen molar-refractivity contribution in [2.24, 2.45) is 10.4 Å². The van der Waals surface area contributed by atoms with Gasteiger partial charge in [-0.15, -0.1) is 24.0 Å². The maximum atomic E-state index is 5.51. The first-order valence-electron chi connectivity index (χ1n) is 8.27. The third-order valence-electron chi connectivity index (χ3n) is 5.41. The van der Waals surface area contributed by atoms with Gasteiger partial charge in [-0.3, -0.25) is 9.89 Å². The van der Waals surface area contributed by atoms with Crippen molar-refractivity contribution in [1.82, 2.24) is 15.5 Å². The summed E-state index contributed by atoms with van der Waals surface area (Å²) in [6.45, 7) is 10.1. The van der Waals surface area contributed by atoms with Crippen molar-refractivity contribution in [3.8, 4) is 0 Å². The average Bonchev–Trinajstić information content (AvgIpc) is 2.93. The Morgan fingerprint density at radius 3 is 2.68 bits per heavy atom. The molecule has 3 atom stereocenters. The number of ether oxygens (including phenoxy) is 1. The Morgan fingerprint density at radius 1 is 1.41 bits per heavy atom. The Hall–Kier alpha value is -0.0800. The lowest BCUT2D eigenvalue weighted by Gasteiger charge is -2.51. The fraction of sp³-hybridized carbons (Fsp3) is 0.938. The zero-order chi connectivity index (χ0) is 15.5. The van der Waals surface area contributed by atoms with E-state index in [4.69, 9.17) is 4.74 Å². The molecule has 3 unspecified atom stereocenters. The van der Waals surface area contributed by atoms with E-state index in [1.54, 1.807) is 7.11 Å². The smallest absolute Gasteiger partial charge is 0.191 e. The van der Waals surface area contributed by atoms with E-state index in [0.29, 0.717) is 18.2 Å². The van der Waals surface area contributed by atoms with Gasteiger partial charge in [-0.25, -0.2) is 0 Å². The number of nitrogens with one attached hydrogen (secondary N) is 2. The average molecular weight is 424 g/mol. The molecule has 0 bridgehead atoms. The molecule has 0 amide bonds. The van der Waals surface area contributed by atoms with Crippen LogP contribution in [0.1, 0.15) is 40.0 Å². The fourth-order valence-electron chi connectivity index (χ4n) is 3.65. The van der Waals surface area contributed by atoms with Gasteiger partial charge in [0.2, 0.25) is 0 Å². The number of aliphatic imine (C=N–C) groups is 1. The normalized spacial score (nSPS) is 31.3. The molecule has 22 heavy (non-hydrogen) atoms. The highest BCUT2D eigenvalue weighted by molar-refractivity contribution is 14.0. The van der Waals surface area contributed by atoms with E-state index in [9.17, 15) is 0 Å². The number of hydrogen-bond acceptors (Lipinski definition) is 3. The molecule has 0 spiro atoms. The standard InChI is InChI=1S/C16H32N4O.HI/c1-6-20-9-7-8-12(20)11-18-15(17-4)19-13-10-14(21-5)16(13,2)3;/h12-14H,6-11H2,1-5H3,(H2,17,18,19);1H. The molecule has 0 aromatic rings. The van der Waals surface area contributed by atoms with Crippen LogP contribution in [0.5, 0.6) is 0 Å². The molecule has 0 aromatic heterocycles. The number of guanidine groups is 1. The number of hydrogen-bond donors (Lipinski definition) is 2. The quantitative estimate of drug-likeness (QED) is 0.403. The molecule has 2 N–H and O–H groups in total. The van der Waals surface area contributed by atoms with E-state index in [0.717, 1.165) is 25.5 Å². The molecule has 2 rings (SSSR count). The molecule has 2 aliphatic rings. The van der Waals surface area contributed by atoms with Crippen LogP contribution < -0.4 is 10.6 Å². The van der Waals surface area contributed by atoms with Crippen molar-refractivity contribution in [1.29, 1.82) is 0 Å². The second-order valence-electron chi connectivity index (χ2n) is 6.86. The Morgan fingerprint density at radius 2 is 2.14 bits per heavy atom. The molecule has 2 fully saturated rings. The minimum atomic E-state index is 0. The van der Waals surface area contributed by atoms with Gasteiger partial charge < -0.3 is 15.4 Å². The first-order valence-corrected chi connectivity index (χ1v) is 8.27. The monoisotopic (exact) mass is 424 g/mol. The van der Waals surface area contributed by atoms with Gasteiger partial charge in [0.25, 0.3) is 0 Å². The second-order valence-corrected chi connectivity index (χ2v) is 6.86. The summed E-state index contributed by atoms with van der Waals surface area (Å²) in [6, 6.07) is 1.08. The summed E-state index contributed by atoms with van der Waals surface area (Å²) in [5, 5.41) is 7.06. The van der Waals surface area contributed by atoms with Crippen LogP contribution in [0.25, 0.3) is 0 Å². The Balaban J connectivity index is 0.00000242. The highest BCUT2D eigenvalue weighted by Gasteiger charge is 2.48. The van der Waals surface area contributed by atoms with Crippen LogP contribution in [0.15, 0.2) is 4.99 Å². The zero-order valence-corrected chi connectivity index (χ0v) is 17.0. The molecule has 130 valence electrons. The van der Waals surface area contributed by atoms with Crippen LogP contribution in [0.4, 0.5) is 0 Å². The zero-order valence-electron chi connectivity index (χ0n) is 14.7. The Kier molecular flexibility index (Phi) is 7.88. The first kappa shape index (κ1) is 20.0. The van der Waals surface area contributed by atoms with E-state index >= 15 is 0 Å². The minimum absolute atomic E-state index is 0. The Bertz CT molecular complexity index is 375. The lowest BCUT2D eigenvalue weighted by Crippen LogP contribution is -2.63. The summed E-state index contributed by atoms with van der Waals surface area (Å²) in [4.78, 5) is 6.92. The van der Waals surface area contributed by atoms with Gasteiger partial charge in [-0.2, -0.15) is 0 Å². The van der Waals surface area contributed by atoms with Crippen molar-refractivity contribution in [3.63, 3.8) is 0 Å². The molecule has 0 aromatic carbocycles. The minimum Gasteiger partial charge on any atom is -0.381 e. The van der Waals surface area contributed by atoms with Crippen molar-refractivity contribution >= 4 is 29.9 Å². The van der Waals surface area contributed by atoms with E-state index < -0.39 is 0 Å². The number of rotatable bonds is 5. The van der Waals surface area contributed by atoms with E-state index in [-0.39, 0.29) is 29.4 Å². The SMILES string of the molecule is CCN1CCCC1CNC(=NC)NC1CC(OC)C1(C)C.I. The lowest BCUT2D eigenvalue weighted by molar-refractivity contribution is -0.0922. The van der Waals surface area contributed by atoms with Crippen molar-refractivity contribution in [2.45, 2.75) is 58.2 Å². The third kappa shape index (κ3) is 4.26. The first-order chi connectivity index (χ1) is 10.0. The molecule has 1 saturated carbocycles. The molecule has 1 saturated heterocycles. The molecule has 1 heterocycles. The van der Waals surface area contributed by atoms with Crippen molar-refractivity contribution < 1.29 is 4.74 Å². The van der Waals surface area contributed by atoms with Crippen molar-refractivity contribution in [3.05, 3.63) is 0 Å². The van der Waals surface area contributed by atoms with Gasteiger partial charge in [0.1, 0.15) is 0 Å². The summed E-state index contributed by atoms with van der Waals surface area (Å²) < 4.78 is 5.51. The molecular weight excluding hydrogens is 391 g/mol. The number of likely N-dealkylation sites (tertiary alicyclic amines) is 1. The summed E-state index contributed by atoms with van der Waals surface area (Å²) in [5.41, 5.74) is 0.162. The predicted octanol–water partition coefficient (Wildman–Crippen LogP) is 2.07. The van der Waals surface area contributed by atoms with Gasteiger partial charge in [0.15, 0.2) is 5.96 Å². The van der Waals surface area contributed by atoms with Crippen LogP contribution in [0.2, 0.25) is 0 Å². The largest absolute Gasteiger partial charge is 0.381 e. The summed E-state index contributed by atoms with van der Waals surface area (Å²) in [5.74, 6) is 0.922. The van der Waals surface area contributed by atoms with Gasteiger partial charge in [0, 0.05) is 38.2 Å². The molecule has 1 aliphatic carbocycles. The second kappa shape index (κ2) is 8.68. The third-order valence-corrected chi connectivity index (χ3v) is 5.41. The van der Waals surface area contributed by atoms with Crippen LogP contribution in [-0.2, 0) is 4.74 Å². The summed E-state index contributed by atoms with van der Waals surface area (Å²) in [6.07, 6.45) is 4.00. The van der Waals surface area contributed by atoms with Crippen LogP contribution in [-0.4, -0.2) is 62.8 Å². The maximum Gasteiger partial charge on any atom is 0.191 e. The van der Waals surface area contributed by atoms with Crippen LogP contribution >= 0.6 is 24.0 Å². The number of nitrogens with zero attached hydrogens (tertiary/aromatic N) is 2. The van der Waals surface area contributed by atoms with Crippen LogP contribution in [0, 0.1) is 5.41 Å². The molecule has 6 heteroatoms. The molecule has 1 aliphatic heterocycles. The van der Waals surface area contributed by atoms with Crippen LogP contribution in [0.3, 0.4) is 0 Å². The summed E-state index contributed by atoms with van der Waals surface area (Å²) >= 11 is 0. The Labute approximate surface area is 152 Å². The molecular formula is C16H33IN4O. The number of methoxy groups -OCH3 is 1. The highest BCUT2D eigenvalue weighted by atomic mass is 127. The van der Waals surface area contributed by atoms with E-state index in [2.05, 4.69) is 41.3 Å². The van der Waals surface area contributed by atoms with Gasteiger partial charge in [-0.05, 0) is 32.4 Å². The van der Waals surface area contributed by atoms with E-state index in [1.807, 2.05) is 7.05 Å². The van der Waals surface area contributed by atoms with E-state index in [1.165, 1.54) is 19.4 Å². The number of halogens is 1. The van der Waals surface area contributed by atoms with Gasteiger partial charge >= 0.3 is 0 Å². The lowest BCUT2D eigenvalue weighted by atomic mass is 9.64. The molecule has 0 radical (unpaired) electrons. The van der Waals surface area contributed by atoms with Crippen molar-refractivity contribution in [2.75, 3.05) is 33.8 Å². The number of likely N-dealkylation sites (N-methyl/N-ethyl adjacent to an activating group) is 1. The van der Waals surface area contributed by atoms with Gasteiger partial charge in [0.05, 0.1) is 6.10 Å². The predicted molar refractivity (Wildman–Crippen MR) is 103 cm³/mol. The molecule has 5 nitrogen and oxygen atoms in total. The van der Waals surface area contributed by atoms with Gasteiger partial charge in [-0.1, -0.05) is 20.8 Å². The fourth-order valence-corrected chi connectivity index (χ4v) is 3.65. The summed E-state index contributed by atoms with van der Waals surface area (Å²) in [7, 11) is 3.65. The topological polar surface area (TPSA) is 48.9 Å². The highest BCUT2D eigenvalue weighted by Crippen LogP contribution is 2.42. The maximum absolute atomic E-state index is 5.51.